The Bertz CT molecular complexity index is 1060. The average Bonchev–Trinajstić information content (AvgIpc) is 3.12. The van der Waals surface area contributed by atoms with Crippen molar-refractivity contribution in [2.24, 2.45) is 0 Å². The van der Waals surface area contributed by atoms with E-state index in [1.54, 1.807) is 12.3 Å². The quantitative estimate of drug-likeness (QED) is 0.673. The number of aromatic nitrogens is 2. The molecule has 0 bridgehead atoms. The Hall–Kier alpha value is -3.45. The van der Waals surface area contributed by atoms with Gasteiger partial charge in [0.2, 0.25) is 5.95 Å². The zero-order valence-electron chi connectivity index (χ0n) is 17.1. The summed E-state index contributed by atoms with van der Waals surface area (Å²) in [4.78, 5) is 23.0. The van der Waals surface area contributed by atoms with E-state index < -0.39 is 6.09 Å². The molecule has 0 saturated carbocycles. The van der Waals surface area contributed by atoms with Gasteiger partial charge in [0.05, 0.1) is 6.10 Å². The minimum atomic E-state index is -0.585. The van der Waals surface area contributed by atoms with Gasteiger partial charge in [-0.05, 0) is 41.2 Å². The minimum Gasteiger partial charge on any atom is -0.448 e. The third kappa shape index (κ3) is 3.96. The third-order valence-corrected chi connectivity index (χ3v) is 5.92. The molecule has 31 heavy (non-hydrogen) atoms. The SMILES string of the molecule is O=C(Nc1nccc(N2CCCC(O)C2)n1)OCC1c2ccccc2-c2ccccc21. The van der Waals surface area contributed by atoms with Crippen LogP contribution in [0.25, 0.3) is 11.1 Å². The molecule has 2 aliphatic rings. The van der Waals surface area contributed by atoms with Crippen LogP contribution in [0.2, 0.25) is 0 Å². The Labute approximate surface area is 180 Å². The van der Waals surface area contributed by atoms with Gasteiger partial charge in [0.15, 0.2) is 0 Å². The van der Waals surface area contributed by atoms with Crippen molar-refractivity contribution in [3.8, 4) is 11.1 Å². The number of carbonyl (C=O) groups is 1. The molecule has 2 heterocycles. The molecule has 158 valence electrons. The topological polar surface area (TPSA) is 87.6 Å². The van der Waals surface area contributed by atoms with E-state index in [9.17, 15) is 9.90 Å². The molecule has 3 aromatic rings. The number of carbonyl (C=O) groups excluding carboxylic acids is 1. The predicted octanol–water partition coefficient (Wildman–Crippen LogP) is 3.80. The maximum atomic E-state index is 12.5. The van der Waals surface area contributed by atoms with E-state index in [4.69, 9.17) is 4.74 Å². The number of hydrogen-bond donors (Lipinski definition) is 2. The van der Waals surface area contributed by atoms with Crippen LogP contribution in [-0.4, -0.2) is 47.0 Å². The van der Waals surface area contributed by atoms with Gasteiger partial charge < -0.3 is 14.7 Å². The van der Waals surface area contributed by atoms with Crippen LogP contribution in [0.5, 0.6) is 0 Å². The van der Waals surface area contributed by atoms with E-state index in [1.807, 2.05) is 29.2 Å². The molecule has 1 fully saturated rings. The molecule has 7 heteroatoms. The lowest BCUT2D eigenvalue weighted by molar-refractivity contribution is 0.153. The van der Waals surface area contributed by atoms with Gasteiger partial charge >= 0.3 is 6.09 Å². The van der Waals surface area contributed by atoms with Gasteiger partial charge in [0.1, 0.15) is 12.4 Å². The van der Waals surface area contributed by atoms with Crippen molar-refractivity contribution in [2.45, 2.75) is 24.9 Å². The van der Waals surface area contributed by atoms with Crippen LogP contribution in [0.3, 0.4) is 0 Å². The number of nitrogens with one attached hydrogen (secondary N) is 1. The van der Waals surface area contributed by atoms with Crippen LogP contribution >= 0.6 is 0 Å². The Morgan fingerprint density at radius 1 is 1.10 bits per heavy atom. The number of amides is 1. The number of aliphatic hydroxyl groups excluding tert-OH is 1. The van der Waals surface area contributed by atoms with Gasteiger partial charge in [0, 0.05) is 25.2 Å². The Morgan fingerprint density at radius 3 is 2.52 bits per heavy atom. The second-order valence-electron chi connectivity index (χ2n) is 7.93. The number of rotatable bonds is 4. The fraction of sp³-hybridized carbons (Fsp3) is 0.292. The third-order valence-electron chi connectivity index (χ3n) is 5.92. The molecule has 1 aromatic heterocycles. The molecule has 1 atom stereocenters. The van der Waals surface area contributed by atoms with E-state index in [2.05, 4.69) is 39.6 Å². The first-order valence-electron chi connectivity index (χ1n) is 10.6. The second-order valence-corrected chi connectivity index (χ2v) is 7.93. The van der Waals surface area contributed by atoms with E-state index in [1.165, 1.54) is 22.3 Å². The summed E-state index contributed by atoms with van der Waals surface area (Å²) >= 11 is 0. The lowest BCUT2D eigenvalue weighted by Crippen LogP contribution is -2.38. The molecular formula is C24H24N4O3. The van der Waals surface area contributed by atoms with Crippen LogP contribution in [-0.2, 0) is 4.74 Å². The van der Waals surface area contributed by atoms with Crippen molar-refractivity contribution in [3.63, 3.8) is 0 Å². The first-order chi connectivity index (χ1) is 15.2. The molecule has 7 nitrogen and oxygen atoms in total. The van der Waals surface area contributed by atoms with Crippen molar-refractivity contribution >= 4 is 17.9 Å². The molecule has 0 radical (unpaired) electrons. The van der Waals surface area contributed by atoms with Gasteiger partial charge in [-0.15, -0.1) is 0 Å². The highest BCUT2D eigenvalue weighted by Crippen LogP contribution is 2.44. The number of anilines is 2. The smallest absolute Gasteiger partial charge is 0.414 e. The molecule has 5 rings (SSSR count). The summed E-state index contributed by atoms with van der Waals surface area (Å²) in [5, 5.41) is 12.5. The molecule has 1 aliphatic heterocycles. The van der Waals surface area contributed by atoms with Gasteiger partial charge in [-0.25, -0.2) is 9.78 Å². The highest BCUT2D eigenvalue weighted by atomic mass is 16.5. The first-order valence-corrected chi connectivity index (χ1v) is 10.6. The normalized spacial score (nSPS) is 17.7. The summed E-state index contributed by atoms with van der Waals surface area (Å²) in [6.07, 6.45) is 2.36. The molecule has 1 aliphatic carbocycles. The molecule has 2 N–H and O–H groups in total. The summed E-state index contributed by atoms with van der Waals surface area (Å²) in [6.45, 7) is 1.58. The van der Waals surface area contributed by atoms with Gasteiger partial charge in [-0.3, -0.25) is 5.32 Å². The summed E-state index contributed by atoms with van der Waals surface area (Å²) in [7, 11) is 0. The Kier molecular flexibility index (Phi) is 5.26. The van der Waals surface area contributed by atoms with Crippen molar-refractivity contribution in [1.29, 1.82) is 0 Å². The number of piperidine rings is 1. The number of ether oxygens (including phenoxy) is 1. The fourth-order valence-corrected chi connectivity index (χ4v) is 4.47. The van der Waals surface area contributed by atoms with Crippen LogP contribution in [0, 0.1) is 0 Å². The number of β-amino-alcohol motifs (C(OH)–C–C–N with tert-alkyl or cyclic N) is 1. The summed E-state index contributed by atoms with van der Waals surface area (Å²) in [5.41, 5.74) is 4.70. The van der Waals surface area contributed by atoms with Gasteiger partial charge in [0.25, 0.3) is 0 Å². The van der Waals surface area contributed by atoms with Crippen LogP contribution < -0.4 is 10.2 Å². The van der Waals surface area contributed by atoms with E-state index in [-0.39, 0.29) is 24.6 Å². The highest BCUT2D eigenvalue weighted by molar-refractivity contribution is 5.83. The molecule has 0 spiro atoms. The Morgan fingerprint density at radius 2 is 1.81 bits per heavy atom. The predicted molar refractivity (Wildman–Crippen MR) is 118 cm³/mol. The van der Waals surface area contributed by atoms with Crippen LogP contribution in [0.15, 0.2) is 60.8 Å². The van der Waals surface area contributed by atoms with Crippen molar-refractivity contribution < 1.29 is 14.6 Å². The zero-order valence-corrected chi connectivity index (χ0v) is 17.1. The molecule has 2 aromatic carbocycles. The van der Waals surface area contributed by atoms with E-state index in [0.717, 1.165) is 19.4 Å². The first kappa shape index (κ1) is 19.5. The van der Waals surface area contributed by atoms with Gasteiger partial charge in [-0.1, -0.05) is 48.5 Å². The second kappa shape index (κ2) is 8.35. The number of aliphatic hydroxyl groups is 1. The van der Waals surface area contributed by atoms with Crippen molar-refractivity contribution in [2.75, 3.05) is 29.9 Å². The summed E-state index contributed by atoms with van der Waals surface area (Å²) in [6, 6.07) is 18.2. The lowest BCUT2D eigenvalue weighted by Gasteiger charge is -2.30. The van der Waals surface area contributed by atoms with Gasteiger partial charge in [-0.2, -0.15) is 4.98 Å². The average molecular weight is 416 g/mol. The molecule has 1 saturated heterocycles. The van der Waals surface area contributed by atoms with Crippen molar-refractivity contribution in [3.05, 3.63) is 71.9 Å². The maximum absolute atomic E-state index is 12.5. The van der Waals surface area contributed by atoms with Crippen LogP contribution in [0.4, 0.5) is 16.6 Å². The number of nitrogens with zero attached hydrogens (tertiary/aromatic N) is 3. The van der Waals surface area contributed by atoms with E-state index >= 15 is 0 Å². The van der Waals surface area contributed by atoms with Crippen molar-refractivity contribution in [1.82, 2.24) is 9.97 Å². The lowest BCUT2D eigenvalue weighted by atomic mass is 9.98. The molecule has 1 unspecified atom stereocenters. The number of benzene rings is 2. The van der Waals surface area contributed by atoms with Crippen LogP contribution in [0.1, 0.15) is 29.9 Å². The standard InChI is InChI=1S/C24H24N4O3/c29-16-6-5-13-28(14-16)22-11-12-25-23(26-22)27-24(30)31-15-21-19-9-3-1-7-17(19)18-8-2-4-10-20(18)21/h1-4,7-12,16,21,29H,5-6,13-15H2,(H,25,26,27,30). The fourth-order valence-electron chi connectivity index (χ4n) is 4.47. The highest BCUT2D eigenvalue weighted by Gasteiger charge is 2.29. The summed E-state index contributed by atoms with van der Waals surface area (Å²) < 4.78 is 5.56. The molecular weight excluding hydrogens is 392 g/mol. The maximum Gasteiger partial charge on any atom is 0.414 e. The molecule has 1 amide bonds. The van der Waals surface area contributed by atoms with E-state index in [0.29, 0.717) is 12.4 Å². The number of fused-ring (bicyclic) bond motifs is 3. The largest absolute Gasteiger partial charge is 0.448 e. The minimum absolute atomic E-state index is 0.000222. The monoisotopic (exact) mass is 416 g/mol. The Balaban J connectivity index is 1.25. The summed E-state index contributed by atoms with van der Waals surface area (Å²) in [5.74, 6) is 0.873. The zero-order chi connectivity index (χ0) is 21.2. The number of hydrogen-bond acceptors (Lipinski definition) is 6.